The zero-order valence-corrected chi connectivity index (χ0v) is 16.6. The van der Waals surface area contributed by atoms with Crippen LogP contribution >= 0.6 is 11.3 Å². The van der Waals surface area contributed by atoms with Gasteiger partial charge in [0.2, 0.25) is 11.8 Å². The highest BCUT2D eigenvalue weighted by Gasteiger charge is 2.14. The van der Waals surface area contributed by atoms with E-state index in [-0.39, 0.29) is 5.91 Å². The summed E-state index contributed by atoms with van der Waals surface area (Å²) in [5.41, 5.74) is 1.38. The number of rotatable bonds is 8. The van der Waals surface area contributed by atoms with E-state index in [1.807, 2.05) is 41.8 Å². The zero-order valence-electron chi connectivity index (χ0n) is 15.7. The van der Waals surface area contributed by atoms with Crippen molar-refractivity contribution in [1.82, 2.24) is 25.1 Å². The van der Waals surface area contributed by atoms with Gasteiger partial charge in [0, 0.05) is 10.9 Å². The minimum atomic E-state index is -0.0308. The van der Waals surface area contributed by atoms with Gasteiger partial charge < -0.3 is 14.8 Å². The molecule has 0 bridgehead atoms. The number of benzene rings is 1. The molecule has 4 rings (SSSR count). The Kier molecular flexibility index (Phi) is 5.66. The van der Waals surface area contributed by atoms with Gasteiger partial charge in [-0.05, 0) is 29.6 Å². The van der Waals surface area contributed by atoms with E-state index in [0.29, 0.717) is 42.7 Å². The minimum absolute atomic E-state index is 0.0308. The molecule has 3 aromatic heterocycles. The predicted molar refractivity (Wildman–Crippen MR) is 109 cm³/mol. The second kappa shape index (κ2) is 8.70. The van der Waals surface area contributed by atoms with Gasteiger partial charge in [-0.25, -0.2) is 0 Å². The Morgan fingerprint density at radius 2 is 2.03 bits per heavy atom. The number of aromatic nitrogens is 4. The van der Waals surface area contributed by atoms with Crippen LogP contribution in [0.25, 0.3) is 17.0 Å². The molecule has 0 spiro atoms. The number of carbonyl (C=O) groups is 1. The molecule has 0 radical (unpaired) electrons. The van der Waals surface area contributed by atoms with Crippen molar-refractivity contribution in [3.8, 4) is 23.0 Å². The number of ether oxygens (including phenoxy) is 2. The summed E-state index contributed by atoms with van der Waals surface area (Å²) in [6.07, 6.45) is 0.380. The van der Waals surface area contributed by atoms with Crippen LogP contribution in [-0.2, 0) is 11.2 Å². The van der Waals surface area contributed by atoms with Crippen LogP contribution in [0.2, 0.25) is 0 Å². The summed E-state index contributed by atoms with van der Waals surface area (Å²) < 4.78 is 12.7. The average Bonchev–Trinajstić information content (AvgIpc) is 3.40. The first-order chi connectivity index (χ1) is 14.2. The van der Waals surface area contributed by atoms with Crippen LogP contribution in [-0.4, -0.2) is 46.0 Å². The lowest BCUT2D eigenvalue weighted by Crippen LogP contribution is -2.29. The smallest absolute Gasteiger partial charge is 0.231 e. The molecule has 0 unspecified atom stereocenters. The van der Waals surface area contributed by atoms with Gasteiger partial charge in [-0.3, -0.25) is 4.79 Å². The largest absolute Gasteiger partial charge is 0.496 e. The Labute approximate surface area is 171 Å². The lowest BCUT2D eigenvalue weighted by Gasteiger charge is -2.08. The molecule has 1 N–H and O–H groups in total. The molecule has 1 aromatic carbocycles. The van der Waals surface area contributed by atoms with Gasteiger partial charge in [0.15, 0.2) is 11.5 Å². The molecule has 8 nitrogen and oxygen atoms in total. The summed E-state index contributed by atoms with van der Waals surface area (Å²) >= 11 is 1.57. The standard InChI is InChI=1S/C20H19N5O3S/c1-27-16-7-3-2-6-15(16)20-23-22-17-8-9-19(24-25(17)20)28-11-10-21-18(26)13-14-5-4-12-29-14/h2-9,12H,10-11,13H2,1H3,(H,21,26). The van der Waals surface area contributed by atoms with Crippen molar-refractivity contribution in [1.29, 1.82) is 0 Å². The van der Waals surface area contributed by atoms with Crippen LogP contribution in [0.15, 0.2) is 53.9 Å². The normalized spacial score (nSPS) is 10.8. The summed E-state index contributed by atoms with van der Waals surface area (Å²) in [6.45, 7) is 0.701. The van der Waals surface area contributed by atoms with Crippen molar-refractivity contribution < 1.29 is 14.3 Å². The second-order valence-corrected chi connectivity index (χ2v) is 7.15. The number of hydrogen-bond acceptors (Lipinski definition) is 7. The van der Waals surface area contributed by atoms with Crippen molar-refractivity contribution >= 4 is 22.9 Å². The summed E-state index contributed by atoms with van der Waals surface area (Å²) in [7, 11) is 1.61. The number of methoxy groups -OCH3 is 1. The fourth-order valence-corrected chi connectivity index (χ4v) is 3.53. The van der Waals surface area contributed by atoms with E-state index in [2.05, 4.69) is 20.6 Å². The highest BCUT2D eigenvalue weighted by atomic mass is 32.1. The zero-order chi connectivity index (χ0) is 20.1. The molecule has 29 heavy (non-hydrogen) atoms. The quantitative estimate of drug-likeness (QED) is 0.450. The Hall–Kier alpha value is -3.46. The third-order valence-electron chi connectivity index (χ3n) is 4.18. The third-order valence-corrected chi connectivity index (χ3v) is 5.05. The molecule has 0 saturated carbocycles. The number of thiophene rings is 1. The van der Waals surface area contributed by atoms with E-state index in [0.717, 1.165) is 10.4 Å². The first-order valence-electron chi connectivity index (χ1n) is 9.02. The molecule has 3 heterocycles. The fourth-order valence-electron chi connectivity index (χ4n) is 2.83. The molecule has 0 aliphatic rings. The van der Waals surface area contributed by atoms with Crippen molar-refractivity contribution in [2.75, 3.05) is 20.3 Å². The van der Waals surface area contributed by atoms with Gasteiger partial charge in [-0.1, -0.05) is 18.2 Å². The van der Waals surface area contributed by atoms with E-state index >= 15 is 0 Å². The highest BCUT2D eigenvalue weighted by Crippen LogP contribution is 2.28. The lowest BCUT2D eigenvalue weighted by molar-refractivity contribution is -0.120. The molecule has 0 saturated heterocycles. The highest BCUT2D eigenvalue weighted by molar-refractivity contribution is 7.10. The molecular weight excluding hydrogens is 390 g/mol. The van der Waals surface area contributed by atoms with E-state index < -0.39 is 0 Å². The van der Waals surface area contributed by atoms with Crippen molar-refractivity contribution in [3.05, 3.63) is 58.8 Å². The molecule has 0 aliphatic heterocycles. The van der Waals surface area contributed by atoms with Crippen molar-refractivity contribution in [2.24, 2.45) is 0 Å². The molecule has 9 heteroatoms. The Balaban J connectivity index is 1.40. The summed E-state index contributed by atoms with van der Waals surface area (Å²) in [5, 5.41) is 17.6. The lowest BCUT2D eigenvalue weighted by atomic mass is 10.2. The number of para-hydroxylation sites is 1. The maximum absolute atomic E-state index is 11.9. The molecule has 0 fully saturated rings. The van der Waals surface area contributed by atoms with Gasteiger partial charge in [0.25, 0.3) is 0 Å². The maximum atomic E-state index is 11.9. The van der Waals surface area contributed by atoms with Gasteiger partial charge in [0.1, 0.15) is 12.4 Å². The van der Waals surface area contributed by atoms with Crippen LogP contribution < -0.4 is 14.8 Å². The van der Waals surface area contributed by atoms with Crippen LogP contribution in [0, 0.1) is 0 Å². The fraction of sp³-hybridized carbons (Fsp3) is 0.200. The maximum Gasteiger partial charge on any atom is 0.231 e. The molecule has 0 atom stereocenters. The Morgan fingerprint density at radius 3 is 2.86 bits per heavy atom. The van der Waals surface area contributed by atoms with Gasteiger partial charge >= 0.3 is 0 Å². The topological polar surface area (TPSA) is 90.6 Å². The van der Waals surface area contributed by atoms with Crippen molar-refractivity contribution in [3.63, 3.8) is 0 Å². The molecule has 4 aromatic rings. The number of nitrogens with zero attached hydrogens (tertiary/aromatic N) is 4. The summed E-state index contributed by atoms with van der Waals surface area (Å²) in [6, 6.07) is 14.9. The van der Waals surface area contributed by atoms with E-state index in [1.165, 1.54) is 0 Å². The number of hydrogen-bond donors (Lipinski definition) is 1. The molecule has 0 aliphatic carbocycles. The van der Waals surface area contributed by atoms with Crippen LogP contribution in [0.1, 0.15) is 4.88 Å². The SMILES string of the molecule is COc1ccccc1-c1nnc2ccc(OCCNC(=O)Cc3cccs3)nn12. The summed E-state index contributed by atoms with van der Waals surface area (Å²) in [4.78, 5) is 12.9. The number of fused-ring (bicyclic) bond motifs is 1. The number of nitrogens with one attached hydrogen (secondary N) is 1. The van der Waals surface area contributed by atoms with Gasteiger partial charge in [-0.2, -0.15) is 4.52 Å². The van der Waals surface area contributed by atoms with Crippen LogP contribution in [0.3, 0.4) is 0 Å². The molecular formula is C20H19N5O3S. The first kappa shape index (κ1) is 18.9. The van der Waals surface area contributed by atoms with Gasteiger partial charge in [0.05, 0.1) is 25.6 Å². The van der Waals surface area contributed by atoms with Gasteiger partial charge in [-0.15, -0.1) is 26.6 Å². The van der Waals surface area contributed by atoms with Crippen LogP contribution in [0.4, 0.5) is 0 Å². The predicted octanol–water partition coefficient (Wildman–Crippen LogP) is 2.60. The first-order valence-corrected chi connectivity index (χ1v) is 9.90. The monoisotopic (exact) mass is 409 g/mol. The van der Waals surface area contributed by atoms with E-state index in [9.17, 15) is 4.79 Å². The Morgan fingerprint density at radius 1 is 1.14 bits per heavy atom. The summed E-state index contributed by atoms with van der Waals surface area (Å²) in [5.74, 6) is 1.63. The Bertz CT molecular complexity index is 1110. The van der Waals surface area contributed by atoms with Crippen molar-refractivity contribution in [2.45, 2.75) is 6.42 Å². The van der Waals surface area contributed by atoms with E-state index in [4.69, 9.17) is 9.47 Å². The molecule has 1 amide bonds. The third kappa shape index (κ3) is 4.35. The average molecular weight is 409 g/mol. The number of amides is 1. The minimum Gasteiger partial charge on any atom is -0.496 e. The second-order valence-electron chi connectivity index (χ2n) is 6.12. The number of carbonyl (C=O) groups excluding carboxylic acids is 1. The van der Waals surface area contributed by atoms with E-state index in [1.54, 1.807) is 35.1 Å². The van der Waals surface area contributed by atoms with Crippen LogP contribution in [0.5, 0.6) is 11.6 Å². The molecule has 148 valence electrons.